The molecule has 0 radical (unpaired) electrons. The molecule has 0 saturated heterocycles. The first-order valence-corrected chi connectivity index (χ1v) is 6.60. The van der Waals surface area contributed by atoms with Crippen molar-refractivity contribution in [2.45, 2.75) is 26.1 Å². The summed E-state index contributed by atoms with van der Waals surface area (Å²) in [5.41, 5.74) is 3.00. The molecule has 0 saturated carbocycles. The second-order valence-corrected chi connectivity index (χ2v) is 4.90. The Bertz CT molecular complexity index is 623. The van der Waals surface area contributed by atoms with E-state index in [2.05, 4.69) is 22.4 Å². The highest BCUT2D eigenvalue weighted by Gasteiger charge is 2.20. The Morgan fingerprint density at radius 3 is 2.85 bits per heavy atom. The maximum absolute atomic E-state index is 12.2. The molecule has 6 heteroatoms. The van der Waals surface area contributed by atoms with Gasteiger partial charge in [0.25, 0.3) is 0 Å². The molecular formula is C14H16N4O2. The first-order valence-electron chi connectivity index (χ1n) is 6.60. The molecule has 1 aromatic heterocycles. The largest absolute Gasteiger partial charge is 0.390 e. The first-order chi connectivity index (χ1) is 9.76. The molecule has 1 aliphatic heterocycles. The monoisotopic (exact) mass is 272 g/mol. The van der Waals surface area contributed by atoms with Crippen molar-refractivity contribution in [3.8, 4) is 0 Å². The molecule has 20 heavy (non-hydrogen) atoms. The Labute approximate surface area is 116 Å². The summed E-state index contributed by atoms with van der Waals surface area (Å²) in [6.45, 7) is 1.38. The molecule has 1 aliphatic rings. The van der Waals surface area contributed by atoms with Crippen molar-refractivity contribution in [3.05, 3.63) is 47.3 Å². The summed E-state index contributed by atoms with van der Waals surface area (Å²) in [5.74, 6) is 0.0221. The number of hydrogen-bond donors (Lipinski definition) is 1. The number of benzene rings is 1. The number of amides is 1. The Balaban J connectivity index is 1.67. The highest BCUT2D eigenvalue weighted by atomic mass is 16.3. The fraction of sp³-hybridized carbons (Fsp3) is 0.357. The average molecular weight is 272 g/mol. The van der Waals surface area contributed by atoms with Gasteiger partial charge >= 0.3 is 0 Å². The van der Waals surface area contributed by atoms with Gasteiger partial charge in [-0.25, -0.2) is 4.68 Å². The lowest BCUT2D eigenvalue weighted by atomic mass is 10.00. The lowest BCUT2D eigenvalue weighted by Gasteiger charge is -2.28. The summed E-state index contributed by atoms with van der Waals surface area (Å²) >= 11 is 0. The van der Waals surface area contributed by atoms with Gasteiger partial charge in [-0.15, -0.1) is 5.10 Å². The lowest BCUT2D eigenvalue weighted by Crippen LogP contribution is -2.38. The number of aliphatic hydroxyl groups is 1. The maximum Gasteiger partial charge on any atom is 0.244 e. The van der Waals surface area contributed by atoms with E-state index < -0.39 is 0 Å². The van der Waals surface area contributed by atoms with Gasteiger partial charge in [0.2, 0.25) is 5.91 Å². The molecule has 1 aromatic carbocycles. The van der Waals surface area contributed by atoms with Gasteiger partial charge in [0.05, 0.1) is 12.8 Å². The standard InChI is InChI=1S/C14H16N4O2/c19-10-13-8-18(16-15-13)9-14(20)17-6-5-11-3-1-2-4-12(11)7-17/h1-4,8,19H,5-7,9-10H2. The number of aromatic nitrogens is 3. The van der Waals surface area contributed by atoms with E-state index in [1.165, 1.54) is 15.8 Å². The summed E-state index contributed by atoms with van der Waals surface area (Å²) in [6, 6.07) is 8.20. The van der Waals surface area contributed by atoms with Crippen LogP contribution in [-0.4, -0.2) is 37.5 Å². The van der Waals surface area contributed by atoms with Crippen LogP contribution < -0.4 is 0 Å². The molecule has 0 aliphatic carbocycles. The van der Waals surface area contributed by atoms with Crippen molar-refractivity contribution in [2.75, 3.05) is 6.54 Å². The van der Waals surface area contributed by atoms with E-state index in [0.717, 1.165) is 13.0 Å². The van der Waals surface area contributed by atoms with E-state index in [1.807, 2.05) is 17.0 Å². The van der Waals surface area contributed by atoms with Crippen molar-refractivity contribution < 1.29 is 9.90 Å². The Morgan fingerprint density at radius 2 is 2.10 bits per heavy atom. The van der Waals surface area contributed by atoms with E-state index in [1.54, 1.807) is 6.20 Å². The van der Waals surface area contributed by atoms with Crippen LogP contribution in [0.1, 0.15) is 16.8 Å². The first kappa shape index (κ1) is 12.8. The number of carbonyl (C=O) groups excluding carboxylic acids is 1. The third-order valence-corrected chi connectivity index (χ3v) is 3.53. The van der Waals surface area contributed by atoms with E-state index in [-0.39, 0.29) is 19.1 Å². The molecule has 3 rings (SSSR count). The van der Waals surface area contributed by atoms with Crippen LogP contribution in [-0.2, 0) is 30.9 Å². The van der Waals surface area contributed by atoms with Crippen LogP contribution >= 0.6 is 0 Å². The van der Waals surface area contributed by atoms with Crippen LogP contribution in [0.5, 0.6) is 0 Å². The molecule has 0 bridgehead atoms. The minimum Gasteiger partial charge on any atom is -0.390 e. The molecule has 104 valence electrons. The van der Waals surface area contributed by atoms with Gasteiger partial charge in [-0.2, -0.15) is 0 Å². The summed E-state index contributed by atoms with van der Waals surface area (Å²) in [7, 11) is 0. The highest BCUT2D eigenvalue weighted by molar-refractivity contribution is 5.76. The Morgan fingerprint density at radius 1 is 1.30 bits per heavy atom. The van der Waals surface area contributed by atoms with Crippen LogP contribution in [0.15, 0.2) is 30.5 Å². The quantitative estimate of drug-likeness (QED) is 0.875. The van der Waals surface area contributed by atoms with Gasteiger partial charge in [-0.1, -0.05) is 29.5 Å². The van der Waals surface area contributed by atoms with Crippen LogP contribution in [0.25, 0.3) is 0 Å². The second-order valence-electron chi connectivity index (χ2n) is 4.90. The third kappa shape index (κ3) is 2.55. The molecule has 1 N–H and O–H groups in total. The number of rotatable bonds is 3. The zero-order valence-electron chi connectivity index (χ0n) is 11.1. The second kappa shape index (κ2) is 5.42. The van der Waals surface area contributed by atoms with Crippen LogP contribution in [0, 0.1) is 0 Å². The lowest BCUT2D eigenvalue weighted by molar-refractivity contribution is -0.133. The fourth-order valence-electron chi connectivity index (χ4n) is 2.44. The average Bonchev–Trinajstić information content (AvgIpc) is 2.94. The van der Waals surface area contributed by atoms with Gasteiger partial charge in [0.1, 0.15) is 12.2 Å². The van der Waals surface area contributed by atoms with Gasteiger partial charge in [-0.3, -0.25) is 4.79 Å². The topological polar surface area (TPSA) is 71.2 Å². The van der Waals surface area contributed by atoms with E-state index >= 15 is 0 Å². The van der Waals surface area contributed by atoms with Gasteiger partial charge in [0.15, 0.2) is 0 Å². The Hall–Kier alpha value is -2.21. The van der Waals surface area contributed by atoms with Crippen molar-refractivity contribution in [3.63, 3.8) is 0 Å². The van der Waals surface area contributed by atoms with E-state index in [4.69, 9.17) is 5.11 Å². The highest BCUT2D eigenvalue weighted by Crippen LogP contribution is 2.18. The van der Waals surface area contributed by atoms with Crippen molar-refractivity contribution in [1.82, 2.24) is 19.9 Å². The third-order valence-electron chi connectivity index (χ3n) is 3.53. The molecule has 0 spiro atoms. The van der Waals surface area contributed by atoms with Crippen molar-refractivity contribution >= 4 is 5.91 Å². The molecule has 2 aromatic rings. The van der Waals surface area contributed by atoms with E-state index in [0.29, 0.717) is 12.2 Å². The van der Waals surface area contributed by atoms with Crippen molar-refractivity contribution in [2.24, 2.45) is 0 Å². The Kier molecular flexibility index (Phi) is 3.47. The zero-order chi connectivity index (χ0) is 13.9. The van der Waals surface area contributed by atoms with Gasteiger partial charge < -0.3 is 10.0 Å². The number of aliphatic hydroxyl groups excluding tert-OH is 1. The normalized spacial score (nSPS) is 14.2. The summed E-state index contributed by atoms with van der Waals surface area (Å²) in [5, 5.41) is 16.5. The number of nitrogens with zero attached hydrogens (tertiary/aromatic N) is 4. The fourth-order valence-corrected chi connectivity index (χ4v) is 2.44. The van der Waals surface area contributed by atoms with Crippen molar-refractivity contribution in [1.29, 1.82) is 0 Å². The summed E-state index contributed by atoms with van der Waals surface area (Å²) < 4.78 is 1.47. The molecular weight excluding hydrogens is 256 g/mol. The summed E-state index contributed by atoms with van der Waals surface area (Å²) in [4.78, 5) is 14.1. The summed E-state index contributed by atoms with van der Waals surface area (Å²) in [6.07, 6.45) is 2.48. The van der Waals surface area contributed by atoms with Gasteiger partial charge in [0, 0.05) is 13.1 Å². The SMILES string of the molecule is O=C(Cn1cc(CO)nn1)N1CCc2ccccc2C1. The predicted molar refractivity (Wildman–Crippen MR) is 71.5 cm³/mol. The van der Waals surface area contributed by atoms with Crippen LogP contribution in [0.3, 0.4) is 0 Å². The number of hydrogen-bond acceptors (Lipinski definition) is 4. The number of fused-ring (bicyclic) bond motifs is 1. The molecule has 1 amide bonds. The number of carbonyl (C=O) groups is 1. The molecule has 0 unspecified atom stereocenters. The maximum atomic E-state index is 12.2. The molecule has 2 heterocycles. The molecule has 0 atom stereocenters. The zero-order valence-corrected chi connectivity index (χ0v) is 11.1. The minimum absolute atomic E-state index is 0.0221. The van der Waals surface area contributed by atoms with Gasteiger partial charge in [-0.05, 0) is 17.5 Å². The predicted octanol–water partition coefficient (Wildman–Crippen LogP) is 0.355. The van der Waals surface area contributed by atoms with Crippen LogP contribution in [0.4, 0.5) is 0 Å². The van der Waals surface area contributed by atoms with Crippen LogP contribution in [0.2, 0.25) is 0 Å². The minimum atomic E-state index is -0.161. The molecule has 6 nitrogen and oxygen atoms in total. The molecule has 0 fully saturated rings. The van der Waals surface area contributed by atoms with E-state index in [9.17, 15) is 4.79 Å². The smallest absolute Gasteiger partial charge is 0.244 e.